The lowest BCUT2D eigenvalue weighted by molar-refractivity contribution is -0.161. The molecular formula is C29H35Cl2NO5S. The van der Waals surface area contributed by atoms with E-state index in [0.717, 1.165) is 17.5 Å². The maximum absolute atomic E-state index is 14.5. The van der Waals surface area contributed by atoms with E-state index < -0.39 is 33.3 Å². The number of carbonyl (C=O) groups excluding carboxylic acids is 1. The molecule has 4 atom stereocenters. The highest BCUT2D eigenvalue weighted by atomic mass is 35.5. The maximum atomic E-state index is 14.5. The predicted octanol–water partition coefficient (Wildman–Crippen LogP) is 6.67. The first kappa shape index (κ1) is 28.9. The Morgan fingerprint density at radius 2 is 1.76 bits per heavy atom. The third kappa shape index (κ3) is 5.75. The highest BCUT2D eigenvalue weighted by Crippen LogP contribution is 2.53. The fraction of sp³-hybridized carbons (Fsp3) is 0.517. The number of amides is 1. The lowest BCUT2D eigenvalue weighted by Gasteiger charge is -2.53. The molecular weight excluding hydrogens is 545 g/mol. The normalized spacial score (nSPS) is 25.2. The minimum atomic E-state index is -3.43. The van der Waals surface area contributed by atoms with Crippen LogP contribution in [0.4, 0.5) is 0 Å². The highest BCUT2D eigenvalue weighted by molar-refractivity contribution is 7.92. The van der Waals surface area contributed by atoms with Crippen molar-refractivity contribution in [3.63, 3.8) is 0 Å². The standard InChI is InChI=1S/C29H35Cl2NO5S/c1-3-23(18-38(36,37)24-9-6-10-24)32-27(19-11-13-21(30)14-12-19)25(20-7-5-8-22(31)15-20)16-29(4-2,28(32)35)17-26(33)34/h5,7-8,11-15,23-25,27H,3-4,6,9-10,16-18H2,1-2H3,(H,33,34)/t23-,25+,27+,29-/m0/s1. The molecule has 9 heteroatoms. The van der Waals surface area contributed by atoms with E-state index in [1.54, 1.807) is 23.1 Å². The Morgan fingerprint density at radius 3 is 2.29 bits per heavy atom. The highest BCUT2D eigenvalue weighted by Gasteiger charge is 2.54. The van der Waals surface area contributed by atoms with Gasteiger partial charge in [0, 0.05) is 22.0 Å². The molecule has 38 heavy (non-hydrogen) atoms. The van der Waals surface area contributed by atoms with Crippen molar-refractivity contribution >= 4 is 44.9 Å². The van der Waals surface area contributed by atoms with Gasteiger partial charge in [0.25, 0.3) is 0 Å². The van der Waals surface area contributed by atoms with Crippen molar-refractivity contribution in [2.45, 2.75) is 82.0 Å². The first-order valence-electron chi connectivity index (χ1n) is 13.3. The minimum Gasteiger partial charge on any atom is -0.481 e. The van der Waals surface area contributed by atoms with Crippen LogP contribution in [0.25, 0.3) is 0 Å². The fourth-order valence-corrected chi connectivity index (χ4v) is 8.67. The first-order chi connectivity index (χ1) is 18.0. The first-order valence-corrected chi connectivity index (χ1v) is 15.8. The van der Waals surface area contributed by atoms with Gasteiger partial charge in [-0.2, -0.15) is 0 Å². The Labute approximate surface area is 235 Å². The number of benzene rings is 2. The molecule has 6 nitrogen and oxygen atoms in total. The Hall–Kier alpha value is -2.09. The molecule has 2 fully saturated rings. The summed E-state index contributed by atoms with van der Waals surface area (Å²) in [6, 6.07) is 13.6. The summed E-state index contributed by atoms with van der Waals surface area (Å²) >= 11 is 12.6. The van der Waals surface area contributed by atoms with Gasteiger partial charge < -0.3 is 10.0 Å². The summed E-state index contributed by atoms with van der Waals surface area (Å²) in [4.78, 5) is 28.2. The molecule has 1 aliphatic heterocycles. The van der Waals surface area contributed by atoms with E-state index in [1.165, 1.54) is 0 Å². The van der Waals surface area contributed by atoms with Gasteiger partial charge in [0.1, 0.15) is 0 Å². The van der Waals surface area contributed by atoms with E-state index in [-0.39, 0.29) is 29.2 Å². The van der Waals surface area contributed by atoms with E-state index in [1.807, 2.05) is 44.2 Å². The Kier molecular flexibility index (Phi) is 8.80. The lowest BCUT2D eigenvalue weighted by Crippen LogP contribution is -2.58. The van der Waals surface area contributed by atoms with Gasteiger partial charge in [-0.1, -0.05) is 67.7 Å². The molecule has 1 saturated heterocycles. The number of sulfone groups is 1. The van der Waals surface area contributed by atoms with Gasteiger partial charge in [0.15, 0.2) is 9.84 Å². The van der Waals surface area contributed by atoms with Gasteiger partial charge >= 0.3 is 5.97 Å². The van der Waals surface area contributed by atoms with E-state index in [2.05, 4.69) is 0 Å². The third-order valence-corrected chi connectivity index (χ3v) is 11.3. The van der Waals surface area contributed by atoms with Crippen molar-refractivity contribution in [1.82, 2.24) is 4.90 Å². The number of nitrogens with zero attached hydrogens (tertiary/aromatic N) is 1. The zero-order valence-electron chi connectivity index (χ0n) is 21.8. The van der Waals surface area contributed by atoms with Crippen molar-refractivity contribution in [2.24, 2.45) is 5.41 Å². The summed E-state index contributed by atoms with van der Waals surface area (Å²) in [6.07, 6.45) is 2.93. The Balaban J connectivity index is 1.91. The van der Waals surface area contributed by atoms with Crippen molar-refractivity contribution in [2.75, 3.05) is 5.75 Å². The molecule has 1 N–H and O–H groups in total. The van der Waals surface area contributed by atoms with Gasteiger partial charge in [-0.15, -0.1) is 0 Å². The molecule has 2 aliphatic rings. The van der Waals surface area contributed by atoms with Crippen LogP contribution in [0, 0.1) is 5.41 Å². The van der Waals surface area contributed by atoms with Crippen LogP contribution < -0.4 is 0 Å². The van der Waals surface area contributed by atoms with Crippen molar-refractivity contribution in [1.29, 1.82) is 0 Å². The van der Waals surface area contributed by atoms with Gasteiger partial charge in [0.2, 0.25) is 5.91 Å². The van der Waals surface area contributed by atoms with Crippen LogP contribution in [-0.2, 0) is 19.4 Å². The van der Waals surface area contributed by atoms with E-state index in [4.69, 9.17) is 23.2 Å². The summed E-state index contributed by atoms with van der Waals surface area (Å²) in [7, 11) is -3.43. The van der Waals surface area contributed by atoms with Crippen LogP contribution in [0.1, 0.15) is 81.9 Å². The maximum Gasteiger partial charge on any atom is 0.304 e. The number of likely N-dealkylation sites (tertiary alicyclic amines) is 1. The zero-order chi connectivity index (χ0) is 27.7. The van der Waals surface area contributed by atoms with Gasteiger partial charge in [-0.3, -0.25) is 9.59 Å². The van der Waals surface area contributed by atoms with Crippen LogP contribution >= 0.6 is 23.2 Å². The molecule has 1 heterocycles. The molecule has 0 spiro atoms. The van der Waals surface area contributed by atoms with Gasteiger partial charge in [-0.05, 0) is 67.5 Å². The zero-order valence-corrected chi connectivity index (χ0v) is 24.1. The topological polar surface area (TPSA) is 91.8 Å². The second kappa shape index (κ2) is 11.6. The second-order valence-electron chi connectivity index (χ2n) is 10.7. The number of aliphatic carboxylic acids is 1. The molecule has 1 amide bonds. The summed E-state index contributed by atoms with van der Waals surface area (Å²) < 4.78 is 26.7. The molecule has 0 aromatic heterocycles. The molecule has 1 saturated carbocycles. The number of piperidine rings is 1. The van der Waals surface area contributed by atoms with Crippen LogP contribution in [-0.4, -0.2) is 47.3 Å². The summed E-state index contributed by atoms with van der Waals surface area (Å²) in [6.45, 7) is 3.73. The van der Waals surface area contributed by atoms with Crippen LogP contribution in [0.2, 0.25) is 10.0 Å². The van der Waals surface area contributed by atoms with Gasteiger partial charge in [0.05, 0.1) is 28.9 Å². The molecule has 1 aliphatic carbocycles. The van der Waals surface area contributed by atoms with E-state index >= 15 is 0 Å². The monoisotopic (exact) mass is 579 g/mol. The molecule has 0 radical (unpaired) electrons. The summed E-state index contributed by atoms with van der Waals surface area (Å²) in [5, 5.41) is 10.6. The number of carboxylic acid groups (broad SMARTS) is 1. The molecule has 206 valence electrons. The van der Waals surface area contributed by atoms with Gasteiger partial charge in [-0.25, -0.2) is 8.42 Å². The number of halogens is 2. The number of carbonyl (C=O) groups is 2. The Morgan fingerprint density at radius 1 is 1.08 bits per heavy atom. The predicted molar refractivity (Wildman–Crippen MR) is 150 cm³/mol. The Bertz CT molecular complexity index is 1280. The van der Waals surface area contributed by atoms with Crippen LogP contribution in [0.3, 0.4) is 0 Å². The van der Waals surface area contributed by atoms with Crippen LogP contribution in [0.5, 0.6) is 0 Å². The van der Waals surface area contributed by atoms with E-state index in [9.17, 15) is 23.1 Å². The average molecular weight is 581 g/mol. The SMILES string of the molecule is CC[C@@H](CS(=O)(=O)C1CCC1)N1C(=O)[C@](CC)(CC(=O)O)C[C@H](c2cccc(Cl)c2)[C@H]1c1ccc(Cl)cc1. The second-order valence-corrected chi connectivity index (χ2v) is 13.9. The smallest absolute Gasteiger partial charge is 0.304 e. The lowest BCUT2D eigenvalue weighted by atomic mass is 9.65. The van der Waals surface area contributed by atoms with Crippen molar-refractivity contribution < 1.29 is 23.1 Å². The molecule has 2 aromatic carbocycles. The summed E-state index contributed by atoms with van der Waals surface area (Å²) in [5.74, 6) is -1.78. The molecule has 0 unspecified atom stereocenters. The largest absolute Gasteiger partial charge is 0.481 e. The number of carboxylic acids is 1. The average Bonchev–Trinajstić information content (AvgIpc) is 2.82. The molecule has 4 rings (SSSR count). The van der Waals surface area contributed by atoms with Crippen LogP contribution in [0.15, 0.2) is 48.5 Å². The van der Waals surface area contributed by atoms with Crippen molar-refractivity contribution in [3.8, 4) is 0 Å². The summed E-state index contributed by atoms with van der Waals surface area (Å²) in [5.41, 5.74) is 0.539. The molecule has 0 bridgehead atoms. The number of hydrogen-bond donors (Lipinski definition) is 1. The number of hydrogen-bond acceptors (Lipinski definition) is 4. The minimum absolute atomic E-state index is 0.140. The molecule has 2 aromatic rings. The third-order valence-electron chi connectivity index (χ3n) is 8.48. The fourth-order valence-electron chi connectivity index (χ4n) is 6.08. The van der Waals surface area contributed by atoms with E-state index in [0.29, 0.717) is 42.1 Å². The number of rotatable bonds is 10. The quantitative estimate of drug-likeness (QED) is 0.339. The van der Waals surface area contributed by atoms with Crippen molar-refractivity contribution in [3.05, 3.63) is 69.7 Å².